The second kappa shape index (κ2) is 5.88. The van der Waals surface area contributed by atoms with Gasteiger partial charge in [-0.15, -0.1) is 0 Å². The summed E-state index contributed by atoms with van der Waals surface area (Å²) in [6, 6.07) is 11.7. The van der Waals surface area contributed by atoms with Gasteiger partial charge in [-0.3, -0.25) is 4.79 Å². The van der Waals surface area contributed by atoms with E-state index in [0.717, 1.165) is 27.3 Å². The van der Waals surface area contributed by atoms with Crippen molar-refractivity contribution in [2.75, 3.05) is 18.6 Å². The summed E-state index contributed by atoms with van der Waals surface area (Å²) in [6.45, 7) is 0. The summed E-state index contributed by atoms with van der Waals surface area (Å²) in [6.07, 6.45) is 2.35. The Morgan fingerprint density at radius 1 is 1.24 bits per heavy atom. The fourth-order valence-electron chi connectivity index (χ4n) is 3.58. The maximum atomic E-state index is 12.7. The number of furan rings is 1. The van der Waals surface area contributed by atoms with Crippen LogP contribution in [0, 0.1) is 0 Å². The van der Waals surface area contributed by atoms with Crippen molar-refractivity contribution >= 4 is 37.5 Å². The third kappa shape index (κ3) is 2.91. The summed E-state index contributed by atoms with van der Waals surface area (Å²) in [7, 11) is -1.32. The molecule has 130 valence electrons. The van der Waals surface area contributed by atoms with Crippen molar-refractivity contribution in [2.45, 2.75) is 18.9 Å². The van der Waals surface area contributed by atoms with Crippen LogP contribution >= 0.6 is 0 Å². The number of amides is 1. The monoisotopic (exact) mass is 357 g/mol. The molecule has 25 heavy (non-hydrogen) atoms. The molecule has 6 heteroatoms. The number of likely N-dealkylation sites (N-methyl/N-ethyl adjacent to an activating group) is 1. The first kappa shape index (κ1) is 16.1. The number of carbonyl (C=O) groups is 1. The largest absolute Gasteiger partial charge is 0.464 e. The van der Waals surface area contributed by atoms with Gasteiger partial charge in [0.25, 0.3) is 0 Å². The molecule has 0 bridgehead atoms. The van der Waals surface area contributed by atoms with Gasteiger partial charge in [0.05, 0.1) is 24.2 Å². The van der Waals surface area contributed by atoms with Gasteiger partial charge in [0.2, 0.25) is 5.91 Å². The van der Waals surface area contributed by atoms with E-state index >= 15 is 0 Å². The highest BCUT2D eigenvalue weighted by atomic mass is 32.2. The van der Waals surface area contributed by atoms with E-state index in [-0.39, 0.29) is 29.9 Å². The van der Waals surface area contributed by atoms with Gasteiger partial charge in [-0.25, -0.2) is 8.42 Å². The highest BCUT2D eigenvalue weighted by Gasteiger charge is 2.32. The van der Waals surface area contributed by atoms with Gasteiger partial charge in [-0.05, 0) is 23.3 Å². The number of nitrogens with zero attached hydrogens (tertiary/aromatic N) is 1. The van der Waals surface area contributed by atoms with E-state index < -0.39 is 9.84 Å². The number of hydrogen-bond donors (Lipinski definition) is 0. The second-order valence-electron chi connectivity index (χ2n) is 6.66. The first-order valence-corrected chi connectivity index (χ1v) is 10.1. The van der Waals surface area contributed by atoms with Gasteiger partial charge in [-0.1, -0.05) is 30.3 Å². The fraction of sp³-hybridized carbons (Fsp3) is 0.316. The van der Waals surface area contributed by atoms with E-state index in [2.05, 4.69) is 0 Å². The molecule has 5 nitrogen and oxygen atoms in total. The van der Waals surface area contributed by atoms with Gasteiger partial charge < -0.3 is 9.32 Å². The molecule has 1 aliphatic heterocycles. The molecule has 1 fully saturated rings. The minimum atomic E-state index is -3.01. The van der Waals surface area contributed by atoms with E-state index in [9.17, 15) is 13.2 Å². The topological polar surface area (TPSA) is 67.6 Å². The van der Waals surface area contributed by atoms with Crippen molar-refractivity contribution in [3.05, 3.63) is 48.2 Å². The molecular formula is C19H19NO4S. The molecule has 1 atom stereocenters. The van der Waals surface area contributed by atoms with E-state index in [1.807, 2.05) is 36.4 Å². The predicted octanol–water partition coefficient (Wildman–Crippen LogP) is 2.77. The molecule has 4 rings (SSSR count). The Bertz CT molecular complexity index is 1070. The van der Waals surface area contributed by atoms with Crippen LogP contribution in [-0.2, 0) is 21.1 Å². The predicted molar refractivity (Wildman–Crippen MR) is 97.3 cm³/mol. The van der Waals surface area contributed by atoms with Gasteiger partial charge in [0.1, 0.15) is 5.58 Å². The van der Waals surface area contributed by atoms with Crippen LogP contribution in [0.4, 0.5) is 0 Å². The summed E-state index contributed by atoms with van der Waals surface area (Å²) in [5, 5.41) is 3.11. The number of fused-ring (bicyclic) bond motifs is 3. The molecule has 0 spiro atoms. The Kier molecular flexibility index (Phi) is 3.80. The third-order valence-corrected chi connectivity index (χ3v) is 6.78. The van der Waals surface area contributed by atoms with E-state index in [1.54, 1.807) is 18.2 Å². The first-order valence-electron chi connectivity index (χ1n) is 8.28. The van der Waals surface area contributed by atoms with Gasteiger partial charge in [-0.2, -0.15) is 0 Å². The molecule has 1 aromatic heterocycles. The zero-order valence-electron chi connectivity index (χ0n) is 13.9. The maximum absolute atomic E-state index is 12.7. The number of rotatable bonds is 3. The minimum Gasteiger partial charge on any atom is -0.464 e. The molecule has 2 heterocycles. The average Bonchev–Trinajstić information content (AvgIpc) is 3.17. The summed E-state index contributed by atoms with van der Waals surface area (Å²) in [5.41, 5.74) is 1.59. The van der Waals surface area contributed by atoms with Crippen molar-refractivity contribution in [3.8, 4) is 0 Å². The lowest BCUT2D eigenvalue weighted by atomic mass is 10.0. The molecule has 3 aromatic rings. The van der Waals surface area contributed by atoms with Gasteiger partial charge in [0, 0.05) is 24.0 Å². The van der Waals surface area contributed by atoms with Crippen LogP contribution in [0.2, 0.25) is 0 Å². The SMILES string of the molecule is CN(C(=O)Cc1coc2ccc3ccccc3c12)C1CCS(=O)(=O)C1. The van der Waals surface area contributed by atoms with E-state index in [0.29, 0.717) is 6.42 Å². The zero-order chi connectivity index (χ0) is 17.6. The van der Waals surface area contributed by atoms with Gasteiger partial charge in [0.15, 0.2) is 9.84 Å². The van der Waals surface area contributed by atoms with Crippen molar-refractivity contribution < 1.29 is 17.6 Å². The highest BCUT2D eigenvalue weighted by Crippen LogP contribution is 2.30. The smallest absolute Gasteiger partial charge is 0.227 e. The highest BCUT2D eigenvalue weighted by molar-refractivity contribution is 7.91. The van der Waals surface area contributed by atoms with Crippen molar-refractivity contribution in [2.24, 2.45) is 0 Å². The number of benzene rings is 2. The lowest BCUT2D eigenvalue weighted by Gasteiger charge is -2.23. The number of hydrogen-bond acceptors (Lipinski definition) is 4. The minimum absolute atomic E-state index is 0.0598. The summed E-state index contributed by atoms with van der Waals surface area (Å²) in [4.78, 5) is 14.3. The van der Waals surface area contributed by atoms with Crippen LogP contribution in [0.1, 0.15) is 12.0 Å². The van der Waals surface area contributed by atoms with Crippen LogP contribution < -0.4 is 0 Å². The molecule has 1 saturated heterocycles. The fourth-order valence-corrected chi connectivity index (χ4v) is 5.35. The van der Waals surface area contributed by atoms with Crippen LogP contribution in [0.25, 0.3) is 21.7 Å². The molecule has 0 saturated carbocycles. The quantitative estimate of drug-likeness (QED) is 0.723. The lowest BCUT2D eigenvalue weighted by molar-refractivity contribution is -0.130. The molecule has 0 radical (unpaired) electrons. The molecule has 1 unspecified atom stereocenters. The number of carbonyl (C=O) groups excluding carboxylic acids is 1. The second-order valence-corrected chi connectivity index (χ2v) is 8.89. The number of sulfone groups is 1. The average molecular weight is 357 g/mol. The summed E-state index contributed by atoms with van der Waals surface area (Å²) < 4.78 is 28.9. The summed E-state index contributed by atoms with van der Waals surface area (Å²) in [5.74, 6) is 0.136. The molecule has 1 aliphatic rings. The van der Waals surface area contributed by atoms with Gasteiger partial charge >= 0.3 is 0 Å². The Morgan fingerprint density at radius 3 is 2.80 bits per heavy atom. The van der Waals surface area contributed by atoms with Crippen LogP contribution in [0.15, 0.2) is 47.1 Å². The normalized spacial score (nSPS) is 19.5. The zero-order valence-corrected chi connectivity index (χ0v) is 14.8. The van der Waals surface area contributed by atoms with Crippen LogP contribution in [0.5, 0.6) is 0 Å². The van der Waals surface area contributed by atoms with E-state index in [1.165, 1.54) is 0 Å². The molecular weight excluding hydrogens is 338 g/mol. The van der Waals surface area contributed by atoms with Crippen molar-refractivity contribution in [1.82, 2.24) is 4.90 Å². The van der Waals surface area contributed by atoms with Crippen LogP contribution in [-0.4, -0.2) is 43.8 Å². The van der Waals surface area contributed by atoms with E-state index in [4.69, 9.17) is 4.42 Å². The molecule has 1 amide bonds. The third-order valence-electron chi connectivity index (χ3n) is 5.03. The molecule has 0 aliphatic carbocycles. The molecule has 0 N–H and O–H groups in total. The first-order chi connectivity index (χ1) is 11.9. The lowest BCUT2D eigenvalue weighted by Crippen LogP contribution is -2.38. The standard InChI is InChI=1S/C19H19NO4S/c1-20(15-8-9-25(22,23)12-15)18(21)10-14-11-24-17-7-6-13-4-2-3-5-16(13)19(14)17/h2-7,11,15H,8-10,12H2,1H3. The summed E-state index contributed by atoms with van der Waals surface area (Å²) >= 11 is 0. The van der Waals surface area contributed by atoms with Crippen molar-refractivity contribution in [1.29, 1.82) is 0 Å². The Balaban J connectivity index is 1.64. The van der Waals surface area contributed by atoms with Crippen molar-refractivity contribution in [3.63, 3.8) is 0 Å². The van der Waals surface area contributed by atoms with Crippen LogP contribution in [0.3, 0.4) is 0 Å². The Labute approximate surface area is 146 Å². The maximum Gasteiger partial charge on any atom is 0.227 e. The Hall–Kier alpha value is -2.34. The molecule has 2 aromatic carbocycles. The Morgan fingerprint density at radius 2 is 2.04 bits per heavy atom.